The first-order chi connectivity index (χ1) is 11.4. The molecule has 1 atom stereocenters. The summed E-state index contributed by atoms with van der Waals surface area (Å²) in [6.45, 7) is 4.73. The first kappa shape index (κ1) is 14.8. The Bertz CT molecular complexity index is 623. The Balaban J connectivity index is 1.56. The van der Waals surface area contributed by atoms with E-state index in [0.29, 0.717) is 12.6 Å². The monoisotopic (exact) mass is 313 g/mol. The third-order valence-electron chi connectivity index (χ3n) is 4.85. The van der Waals surface area contributed by atoms with Gasteiger partial charge in [-0.15, -0.1) is 0 Å². The van der Waals surface area contributed by atoms with Gasteiger partial charge in [-0.05, 0) is 38.1 Å². The fourth-order valence-corrected chi connectivity index (χ4v) is 3.61. The molecule has 2 fully saturated rings. The molecule has 4 heterocycles. The summed E-state index contributed by atoms with van der Waals surface area (Å²) >= 11 is 0. The summed E-state index contributed by atoms with van der Waals surface area (Å²) in [5.41, 5.74) is 2.15. The van der Waals surface area contributed by atoms with E-state index in [2.05, 4.69) is 25.2 Å². The van der Waals surface area contributed by atoms with Crippen LogP contribution in [0.25, 0.3) is 11.3 Å². The average Bonchev–Trinajstić information content (AvgIpc) is 3.13. The molecule has 0 amide bonds. The number of pyridine rings is 1. The Morgan fingerprint density at radius 2 is 2.00 bits per heavy atom. The Labute approximate surface area is 136 Å². The number of nitrogens with one attached hydrogen (secondary N) is 2. The van der Waals surface area contributed by atoms with Gasteiger partial charge in [0.25, 0.3) is 0 Å². The van der Waals surface area contributed by atoms with E-state index in [1.54, 1.807) is 12.4 Å². The van der Waals surface area contributed by atoms with Crippen molar-refractivity contribution in [1.29, 1.82) is 0 Å². The number of hydrogen-bond acceptors (Lipinski definition) is 5. The Hall–Kier alpha value is -1.76. The van der Waals surface area contributed by atoms with E-state index in [9.17, 15) is 0 Å². The van der Waals surface area contributed by atoms with Crippen molar-refractivity contribution in [2.45, 2.75) is 24.9 Å². The number of hydrogen-bond donors (Lipinski definition) is 2. The summed E-state index contributed by atoms with van der Waals surface area (Å²) in [5.74, 6) is 1.01. The molecule has 0 radical (unpaired) electrons. The summed E-state index contributed by atoms with van der Waals surface area (Å²) in [5, 5.41) is 3.45. The lowest BCUT2D eigenvalue weighted by Gasteiger charge is -2.41. The molecule has 122 valence electrons. The molecule has 2 aliphatic heterocycles. The lowest BCUT2D eigenvalue weighted by atomic mass is 10.0. The molecule has 2 aromatic heterocycles. The molecular weight excluding hydrogens is 290 g/mol. The zero-order chi connectivity index (χ0) is 15.5. The summed E-state index contributed by atoms with van der Waals surface area (Å²) in [6.07, 6.45) is 7.94. The zero-order valence-electron chi connectivity index (χ0n) is 13.2. The van der Waals surface area contributed by atoms with E-state index < -0.39 is 0 Å². The van der Waals surface area contributed by atoms with Gasteiger partial charge in [0.2, 0.25) is 0 Å². The second-order valence-electron chi connectivity index (χ2n) is 6.23. The van der Waals surface area contributed by atoms with Crippen molar-refractivity contribution >= 4 is 0 Å². The van der Waals surface area contributed by atoms with Gasteiger partial charge < -0.3 is 15.0 Å². The Morgan fingerprint density at radius 3 is 2.83 bits per heavy atom. The van der Waals surface area contributed by atoms with Crippen LogP contribution in [0.15, 0.2) is 30.7 Å². The molecule has 0 bridgehead atoms. The van der Waals surface area contributed by atoms with Gasteiger partial charge in [-0.1, -0.05) is 0 Å². The van der Waals surface area contributed by atoms with Crippen LogP contribution in [-0.2, 0) is 4.74 Å². The lowest BCUT2D eigenvalue weighted by molar-refractivity contribution is -0.0387. The largest absolute Gasteiger partial charge is 0.378 e. The number of imidazole rings is 1. The molecule has 0 aliphatic carbocycles. The van der Waals surface area contributed by atoms with Crippen LogP contribution in [0.4, 0.5) is 0 Å². The Kier molecular flexibility index (Phi) is 4.37. The summed E-state index contributed by atoms with van der Waals surface area (Å²) in [7, 11) is 0. The van der Waals surface area contributed by atoms with Crippen LogP contribution < -0.4 is 5.32 Å². The quantitative estimate of drug-likeness (QED) is 0.901. The molecule has 2 N–H and O–H groups in total. The SMILES string of the molecule is c1cc(-c2cnc(C3COCCN3C3CCNCC3)[nH]2)ccn1. The van der Waals surface area contributed by atoms with Crippen molar-refractivity contribution in [3.8, 4) is 11.3 Å². The van der Waals surface area contributed by atoms with Gasteiger partial charge in [0, 0.05) is 30.5 Å². The number of aromatic amines is 1. The lowest BCUT2D eigenvalue weighted by Crippen LogP contribution is -2.49. The topological polar surface area (TPSA) is 66.1 Å². The smallest absolute Gasteiger partial charge is 0.126 e. The molecule has 2 aliphatic rings. The molecule has 4 rings (SSSR count). The summed E-state index contributed by atoms with van der Waals surface area (Å²) in [6, 6.07) is 4.85. The molecule has 6 nitrogen and oxygen atoms in total. The maximum Gasteiger partial charge on any atom is 0.126 e. The maximum atomic E-state index is 5.75. The standard InChI is InChI=1S/C17H23N5O/c1-5-18-6-2-13(1)15-11-20-17(21-15)16-12-23-10-9-22(16)14-3-7-19-8-4-14/h1-2,5-6,11,14,16,19H,3-4,7-10,12H2,(H,20,21). The first-order valence-corrected chi connectivity index (χ1v) is 8.41. The van der Waals surface area contributed by atoms with E-state index in [0.717, 1.165) is 43.3 Å². The molecule has 2 saturated heterocycles. The minimum absolute atomic E-state index is 0.224. The van der Waals surface area contributed by atoms with Gasteiger partial charge in [-0.2, -0.15) is 0 Å². The fraction of sp³-hybridized carbons (Fsp3) is 0.529. The van der Waals surface area contributed by atoms with Crippen molar-refractivity contribution in [1.82, 2.24) is 25.2 Å². The van der Waals surface area contributed by atoms with Crippen LogP contribution in [0, 0.1) is 0 Å². The predicted molar refractivity (Wildman–Crippen MR) is 88.0 cm³/mol. The Morgan fingerprint density at radius 1 is 1.17 bits per heavy atom. The minimum Gasteiger partial charge on any atom is -0.378 e. The van der Waals surface area contributed by atoms with E-state index in [1.165, 1.54) is 12.8 Å². The number of piperidine rings is 1. The predicted octanol–water partition coefficient (Wildman–Crippen LogP) is 1.60. The van der Waals surface area contributed by atoms with Crippen molar-refractivity contribution in [2.75, 3.05) is 32.8 Å². The highest BCUT2D eigenvalue weighted by atomic mass is 16.5. The third kappa shape index (κ3) is 3.15. The number of H-pyrrole nitrogens is 1. The van der Waals surface area contributed by atoms with E-state index in [4.69, 9.17) is 4.74 Å². The van der Waals surface area contributed by atoms with Crippen LogP contribution in [0.1, 0.15) is 24.7 Å². The number of nitrogens with zero attached hydrogens (tertiary/aromatic N) is 3. The number of aromatic nitrogens is 3. The second-order valence-corrected chi connectivity index (χ2v) is 6.23. The van der Waals surface area contributed by atoms with Crippen molar-refractivity contribution in [2.24, 2.45) is 0 Å². The average molecular weight is 313 g/mol. The van der Waals surface area contributed by atoms with Gasteiger partial charge in [0.1, 0.15) is 5.82 Å². The highest BCUT2D eigenvalue weighted by molar-refractivity contribution is 5.57. The van der Waals surface area contributed by atoms with Crippen LogP contribution in [-0.4, -0.2) is 58.7 Å². The van der Waals surface area contributed by atoms with Gasteiger partial charge >= 0.3 is 0 Å². The third-order valence-corrected chi connectivity index (χ3v) is 4.85. The van der Waals surface area contributed by atoms with Gasteiger partial charge in [-0.25, -0.2) is 4.98 Å². The van der Waals surface area contributed by atoms with Crippen LogP contribution in [0.2, 0.25) is 0 Å². The molecule has 1 unspecified atom stereocenters. The van der Waals surface area contributed by atoms with E-state index in [-0.39, 0.29) is 6.04 Å². The molecule has 6 heteroatoms. The van der Waals surface area contributed by atoms with Crippen LogP contribution >= 0.6 is 0 Å². The normalized spacial score (nSPS) is 23.9. The van der Waals surface area contributed by atoms with Gasteiger partial charge in [-0.3, -0.25) is 9.88 Å². The second kappa shape index (κ2) is 6.78. The molecular formula is C17H23N5O. The molecule has 2 aromatic rings. The van der Waals surface area contributed by atoms with Crippen molar-refractivity contribution < 1.29 is 4.74 Å². The maximum absolute atomic E-state index is 5.75. The van der Waals surface area contributed by atoms with Crippen molar-refractivity contribution in [3.63, 3.8) is 0 Å². The van der Waals surface area contributed by atoms with Crippen LogP contribution in [0.3, 0.4) is 0 Å². The number of morpholine rings is 1. The fourth-order valence-electron chi connectivity index (χ4n) is 3.61. The summed E-state index contributed by atoms with van der Waals surface area (Å²) in [4.78, 5) is 14.8. The minimum atomic E-state index is 0.224. The molecule has 0 aromatic carbocycles. The van der Waals surface area contributed by atoms with Gasteiger partial charge in [0.05, 0.1) is 31.1 Å². The number of rotatable bonds is 3. The van der Waals surface area contributed by atoms with E-state index in [1.807, 2.05) is 18.3 Å². The van der Waals surface area contributed by atoms with Crippen molar-refractivity contribution in [3.05, 3.63) is 36.5 Å². The van der Waals surface area contributed by atoms with E-state index >= 15 is 0 Å². The first-order valence-electron chi connectivity index (χ1n) is 8.41. The molecule has 0 spiro atoms. The highest BCUT2D eigenvalue weighted by Crippen LogP contribution is 2.28. The summed E-state index contributed by atoms with van der Waals surface area (Å²) < 4.78 is 5.75. The molecule has 0 saturated carbocycles. The highest BCUT2D eigenvalue weighted by Gasteiger charge is 2.32. The molecule has 23 heavy (non-hydrogen) atoms. The number of ether oxygens (including phenoxy) is 1. The van der Waals surface area contributed by atoms with Crippen LogP contribution in [0.5, 0.6) is 0 Å². The zero-order valence-corrected chi connectivity index (χ0v) is 13.2. The van der Waals surface area contributed by atoms with Gasteiger partial charge in [0.15, 0.2) is 0 Å².